The van der Waals surface area contributed by atoms with Crippen molar-refractivity contribution < 1.29 is 13.5 Å². The van der Waals surface area contributed by atoms with Crippen molar-refractivity contribution >= 4 is 9.84 Å². The zero-order valence-corrected chi connectivity index (χ0v) is 9.82. The van der Waals surface area contributed by atoms with Gasteiger partial charge in [-0.05, 0) is 19.4 Å². The van der Waals surface area contributed by atoms with E-state index in [2.05, 4.69) is 4.98 Å². The van der Waals surface area contributed by atoms with E-state index in [0.717, 1.165) is 11.8 Å². The quantitative estimate of drug-likeness (QED) is 0.834. The summed E-state index contributed by atoms with van der Waals surface area (Å²) in [7, 11) is -3.24. The molecule has 0 aliphatic carbocycles. The topological polar surface area (TPSA) is 67.3 Å². The summed E-state index contributed by atoms with van der Waals surface area (Å²) in [6.45, 7) is 3.33. The summed E-state index contributed by atoms with van der Waals surface area (Å²) in [6.07, 6.45) is 3.23. The molecule has 0 bridgehead atoms. The van der Waals surface area contributed by atoms with Crippen LogP contribution in [0.1, 0.15) is 24.2 Å². The van der Waals surface area contributed by atoms with E-state index in [1.165, 1.54) is 13.1 Å². The minimum Gasteiger partial charge on any atom is -0.387 e. The highest BCUT2D eigenvalue weighted by molar-refractivity contribution is 7.91. The summed E-state index contributed by atoms with van der Waals surface area (Å²) >= 11 is 0. The summed E-state index contributed by atoms with van der Waals surface area (Å²) < 4.78 is 22.5. The van der Waals surface area contributed by atoms with Gasteiger partial charge in [-0.3, -0.25) is 4.98 Å². The molecule has 1 aromatic heterocycles. The summed E-state index contributed by atoms with van der Waals surface area (Å²) in [5.41, 5.74) is 1.43. The van der Waals surface area contributed by atoms with Gasteiger partial charge < -0.3 is 5.11 Å². The van der Waals surface area contributed by atoms with Crippen LogP contribution in [0, 0.1) is 6.92 Å². The maximum atomic E-state index is 11.3. The Hall–Kier alpha value is -0.940. The van der Waals surface area contributed by atoms with Crippen molar-refractivity contribution in [1.29, 1.82) is 0 Å². The van der Waals surface area contributed by atoms with E-state index in [1.54, 1.807) is 12.3 Å². The minimum absolute atomic E-state index is 0.535. The Balaban J connectivity index is 3.00. The maximum absolute atomic E-state index is 11.3. The van der Waals surface area contributed by atoms with Crippen LogP contribution in [-0.4, -0.2) is 30.0 Å². The molecule has 0 amide bonds. The Morgan fingerprint density at radius 3 is 2.47 bits per heavy atom. The predicted octanol–water partition coefficient (Wildman–Crippen LogP) is 0.857. The second kappa shape index (κ2) is 4.28. The number of rotatable bonds is 3. The van der Waals surface area contributed by atoms with Crippen molar-refractivity contribution in [1.82, 2.24) is 4.98 Å². The molecule has 4 nitrogen and oxygen atoms in total. The number of sulfone groups is 1. The first-order chi connectivity index (χ1) is 6.82. The maximum Gasteiger partial charge on any atom is 0.152 e. The second-order valence-electron chi connectivity index (χ2n) is 3.78. The minimum atomic E-state index is -3.24. The third-order valence-corrected chi connectivity index (χ3v) is 3.97. The molecule has 0 aliphatic rings. The van der Waals surface area contributed by atoms with Crippen LogP contribution in [-0.2, 0) is 9.84 Å². The zero-order valence-electron chi connectivity index (χ0n) is 9.01. The molecular weight excluding hydrogens is 214 g/mol. The van der Waals surface area contributed by atoms with Crippen molar-refractivity contribution in [2.45, 2.75) is 25.2 Å². The first-order valence-corrected chi connectivity index (χ1v) is 6.56. The molecule has 2 atom stereocenters. The molecule has 0 fully saturated rings. The second-order valence-corrected chi connectivity index (χ2v) is 6.18. The number of pyridine rings is 1. The Kier molecular flexibility index (Phi) is 3.46. The third kappa shape index (κ3) is 3.00. The van der Waals surface area contributed by atoms with E-state index >= 15 is 0 Å². The van der Waals surface area contributed by atoms with Crippen LogP contribution in [0.2, 0.25) is 0 Å². The molecule has 0 aliphatic heterocycles. The van der Waals surface area contributed by atoms with Crippen LogP contribution >= 0.6 is 0 Å². The summed E-state index contributed by atoms with van der Waals surface area (Å²) in [4.78, 5) is 3.91. The molecule has 1 N–H and O–H groups in total. The molecule has 0 saturated heterocycles. The fraction of sp³-hybridized carbons (Fsp3) is 0.500. The zero-order chi connectivity index (χ0) is 11.6. The monoisotopic (exact) mass is 229 g/mol. The number of aromatic nitrogens is 1. The van der Waals surface area contributed by atoms with Crippen molar-refractivity contribution in [3.8, 4) is 0 Å². The fourth-order valence-corrected chi connectivity index (χ4v) is 1.87. The normalized spacial score (nSPS) is 16.0. The Morgan fingerprint density at radius 2 is 2.00 bits per heavy atom. The highest BCUT2D eigenvalue weighted by Gasteiger charge is 2.25. The SMILES string of the molecule is Cc1cncc(C(O)C(C)S(C)(=O)=O)c1. The summed E-state index contributed by atoms with van der Waals surface area (Å²) in [5, 5.41) is 9.01. The van der Waals surface area contributed by atoms with Crippen LogP contribution < -0.4 is 0 Å². The van der Waals surface area contributed by atoms with E-state index in [0.29, 0.717) is 5.56 Å². The van der Waals surface area contributed by atoms with Gasteiger partial charge in [0.15, 0.2) is 9.84 Å². The third-order valence-electron chi connectivity index (χ3n) is 2.36. The lowest BCUT2D eigenvalue weighted by molar-refractivity contribution is 0.175. The van der Waals surface area contributed by atoms with Gasteiger partial charge in [-0.15, -0.1) is 0 Å². The van der Waals surface area contributed by atoms with Crippen LogP contribution in [0.15, 0.2) is 18.5 Å². The molecular formula is C10H15NO3S. The Morgan fingerprint density at radius 1 is 1.40 bits per heavy atom. The van der Waals surface area contributed by atoms with Gasteiger partial charge in [0.25, 0.3) is 0 Å². The highest BCUT2D eigenvalue weighted by atomic mass is 32.2. The number of aliphatic hydroxyl groups excluding tert-OH is 1. The van der Waals surface area contributed by atoms with Gasteiger partial charge in [-0.1, -0.05) is 6.07 Å². The number of nitrogens with zero attached hydrogens (tertiary/aromatic N) is 1. The Labute approximate surface area is 89.9 Å². The molecule has 2 unspecified atom stereocenters. The van der Waals surface area contributed by atoms with Gasteiger partial charge in [0.05, 0.1) is 11.4 Å². The molecule has 0 spiro atoms. The lowest BCUT2D eigenvalue weighted by atomic mass is 10.1. The van der Waals surface area contributed by atoms with E-state index in [-0.39, 0.29) is 0 Å². The molecule has 0 saturated carbocycles. The van der Waals surface area contributed by atoms with Crippen LogP contribution in [0.4, 0.5) is 0 Å². The van der Waals surface area contributed by atoms with Gasteiger partial charge in [0.2, 0.25) is 0 Å². The lowest BCUT2D eigenvalue weighted by Crippen LogP contribution is -2.24. The largest absolute Gasteiger partial charge is 0.387 e. The van der Waals surface area contributed by atoms with Crippen LogP contribution in [0.25, 0.3) is 0 Å². The van der Waals surface area contributed by atoms with Crippen LogP contribution in [0.3, 0.4) is 0 Å². The molecule has 0 aromatic carbocycles. The van der Waals surface area contributed by atoms with Gasteiger partial charge in [0.1, 0.15) is 0 Å². The van der Waals surface area contributed by atoms with E-state index in [4.69, 9.17) is 0 Å². The number of hydrogen-bond donors (Lipinski definition) is 1. The van der Waals surface area contributed by atoms with Crippen molar-refractivity contribution in [3.63, 3.8) is 0 Å². The number of hydrogen-bond acceptors (Lipinski definition) is 4. The van der Waals surface area contributed by atoms with Crippen molar-refractivity contribution in [3.05, 3.63) is 29.6 Å². The molecule has 84 valence electrons. The highest BCUT2D eigenvalue weighted by Crippen LogP contribution is 2.21. The molecule has 1 heterocycles. The van der Waals surface area contributed by atoms with E-state index in [9.17, 15) is 13.5 Å². The fourth-order valence-electron chi connectivity index (χ4n) is 1.25. The Bertz CT molecular complexity index is 442. The number of aryl methyl sites for hydroxylation is 1. The standard InChI is InChI=1S/C10H15NO3S/c1-7-4-9(6-11-5-7)10(12)8(2)15(3,13)14/h4-6,8,10,12H,1-3H3. The van der Waals surface area contributed by atoms with Crippen molar-refractivity contribution in [2.75, 3.05) is 6.26 Å². The smallest absolute Gasteiger partial charge is 0.152 e. The molecule has 5 heteroatoms. The van der Waals surface area contributed by atoms with E-state index in [1.807, 2.05) is 6.92 Å². The summed E-state index contributed by atoms with van der Waals surface area (Å²) in [5.74, 6) is 0. The average molecular weight is 229 g/mol. The van der Waals surface area contributed by atoms with Gasteiger partial charge in [0, 0.05) is 24.2 Å². The van der Waals surface area contributed by atoms with Gasteiger partial charge >= 0.3 is 0 Å². The molecule has 1 aromatic rings. The van der Waals surface area contributed by atoms with Gasteiger partial charge in [-0.2, -0.15) is 0 Å². The molecule has 1 rings (SSSR count). The average Bonchev–Trinajstić information content (AvgIpc) is 2.14. The van der Waals surface area contributed by atoms with Crippen LogP contribution in [0.5, 0.6) is 0 Å². The lowest BCUT2D eigenvalue weighted by Gasteiger charge is -2.17. The van der Waals surface area contributed by atoms with E-state index < -0.39 is 21.2 Å². The van der Waals surface area contributed by atoms with Crippen molar-refractivity contribution in [2.24, 2.45) is 0 Å². The summed E-state index contributed by atoms with van der Waals surface area (Å²) in [6, 6.07) is 1.74. The molecule has 15 heavy (non-hydrogen) atoms. The first kappa shape index (κ1) is 12.1. The predicted molar refractivity (Wildman–Crippen MR) is 58.2 cm³/mol. The molecule has 0 radical (unpaired) electrons. The first-order valence-electron chi connectivity index (χ1n) is 4.61. The van der Waals surface area contributed by atoms with Gasteiger partial charge in [-0.25, -0.2) is 8.42 Å². The number of aliphatic hydroxyl groups is 1.